The molecule has 2 atom stereocenters. The van der Waals surface area contributed by atoms with E-state index in [2.05, 4.69) is 0 Å². The smallest absolute Gasteiger partial charge is 0.408 e. The fraction of sp³-hybridized carbons (Fsp3) is 0.571. The van der Waals surface area contributed by atoms with Crippen molar-refractivity contribution in [2.75, 3.05) is 6.54 Å². The second-order valence-corrected chi connectivity index (χ2v) is 2.85. The maximum atomic E-state index is 10.6. The van der Waals surface area contributed by atoms with E-state index in [9.17, 15) is 9.59 Å². The fourth-order valence-electron chi connectivity index (χ4n) is 1.38. The molecule has 1 aliphatic rings. The molecule has 6 nitrogen and oxygen atoms in total. The molecule has 70 valence electrons. The number of amides is 1. The molecular weight excluding hydrogens is 176 g/mol. The average Bonchev–Trinajstić information content (AvgIpc) is 2.47. The number of hydrogen-bond donors (Lipinski definition) is 2. The summed E-state index contributed by atoms with van der Waals surface area (Å²) in [6.07, 6.45) is -1.21. The van der Waals surface area contributed by atoms with E-state index in [1.165, 1.54) is 0 Å². The highest BCUT2D eigenvalue weighted by atomic mass is 16.4. The van der Waals surface area contributed by atoms with Crippen molar-refractivity contribution in [3.63, 3.8) is 0 Å². The van der Waals surface area contributed by atoms with Gasteiger partial charge in [0.15, 0.2) is 0 Å². The van der Waals surface area contributed by atoms with Crippen molar-refractivity contribution < 1.29 is 19.8 Å². The summed E-state index contributed by atoms with van der Waals surface area (Å²) in [6, 6.07) is 0.798. The molecule has 0 saturated carbocycles. The monoisotopic (exact) mass is 184 g/mol. The number of carbonyl (C=O) groups is 2. The quantitative estimate of drug-likeness (QED) is 0.595. The van der Waals surface area contributed by atoms with E-state index in [-0.39, 0.29) is 13.0 Å². The molecule has 0 unspecified atom stereocenters. The van der Waals surface area contributed by atoms with Crippen LogP contribution in [0.3, 0.4) is 0 Å². The van der Waals surface area contributed by atoms with Crippen LogP contribution in [0.1, 0.15) is 6.42 Å². The van der Waals surface area contributed by atoms with E-state index < -0.39 is 24.0 Å². The first-order chi connectivity index (χ1) is 6.06. The Kier molecular flexibility index (Phi) is 2.37. The van der Waals surface area contributed by atoms with Crippen LogP contribution in [0.4, 0.5) is 4.79 Å². The van der Waals surface area contributed by atoms with E-state index in [1.807, 2.05) is 6.07 Å². The lowest BCUT2D eigenvalue weighted by atomic mass is 10.1. The molecule has 1 rings (SSSR count). The summed E-state index contributed by atoms with van der Waals surface area (Å²) in [7, 11) is 0. The number of hydrogen-bond acceptors (Lipinski definition) is 3. The third-order valence-electron chi connectivity index (χ3n) is 2.01. The Morgan fingerprint density at radius 3 is 2.38 bits per heavy atom. The van der Waals surface area contributed by atoms with Crippen LogP contribution in [-0.2, 0) is 4.79 Å². The molecule has 0 aromatic heterocycles. The molecule has 13 heavy (non-hydrogen) atoms. The van der Waals surface area contributed by atoms with Crippen LogP contribution in [0.25, 0.3) is 0 Å². The Labute approximate surface area is 74.0 Å². The maximum absolute atomic E-state index is 10.6. The zero-order chi connectivity index (χ0) is 10.0. The van der Waals surface area contributed by atoms with Gasteiger partial charge in [-0.3, -0.25) is 4.90 Å². The minimum atomic E-state index is -1.29. The van der Waals surface area contributed by atoms with Crippen molar-refractivity contribution in [3.05, 3.63) is 0 Å². The lowest BCUT2D eigenvalue weighted by Gasteiger charge is -2.16. The summed E-state index contributed by atoms with van der Waals surface area (Å²) in [5, 5.41) is 25.7. The number of rotatable bonds is 1. The van der Waals surface area contributed by atoms with Crippen molar-refractivity contribution in [3.8, 4) is 6.07 Å². The number of carboxylic acid groups (broad SMARTS) is 2. The third-order valence-corrected chi connectivity index (χ3v) is 2.01. The summed E-state index contributed by atoms with van der Waals surface area (Å²) < 4.78 is 0. The molecule has 0 spiro atoms. The molecule has 0 aliphatic carbocycles. The van der Waals surface area contributed by atoms with Crippen LogP contribution in [0.15, 0.2) is 0 Å². The van der Waals surface area contributed by atoms with Crippen molar-refractivity contribution in [1.82, 2.24) is 4.90 Å². The fourth-order valence-corrected chi connectivity index (χ4v) is 1.38. The zero-order valence-electron chi connectivity index (χ0n) is 6.67. The van der Waals surface area contributed by atoms with Crippen molar-refractivity contribution >= 4 is 12.1 Å². The Balaban J connectivity index is 2.78. The van der Waals surface area contributed by atoms with Gasteiger partial charge in [-0.25, -0.2) is 9.59 Å². The Morgan fingerprint density at radius 1 is 1.46 bits per heavy atom. The predicted octanol–water partition coefficient (Wildman–Crippen LogP) is -0.0369. The molecule has 0 bridgehead atoms. The standard InChI is InChI=1S/C7H8N2O4/c8-2-4-1-5(6(10)11)9(3-4)7(12)13/h4-5H,1,3H2,(H,10,11)(H,12,13)/t4-,5+/m1/s1. The van der Waals surface area contributed by atoms with Gasteiger partial charge in [-0.1, -0.05) is 0 Å². The summed E-state index contributed by atoms with van der Waals surface area (Å²) in [5.74, 6) is -1.70. The molecule has 0 radical (unpaired) electrons. The van der Waals surface area contributed by atoms with Gasteiger partial charge in [0.25, 0.3) is 0 Å². The topological polar surface area (TPSA) is 102 Å². The number of aliphatic carboxylic acids is 1. The van der Waals surface area contributed by atoms with Crippen molar-refractivity contribution in [1.29, 1.82) is 5.26 Å². The Bertz CT molecular complexity index is 261. The van der Waals surface area contributed by atoms with Gasteiger partial charge in [0.2, 0.25) is 0 Å². The molecule has 1 heterocycles. The molecule has 2 N–H and O–H groups in total. The molecule has 1 amide bonds. The minimum absolute atomic E-state index is 0.0111. The zero-order valence-corrected chi connectivity index (χ0v) is 6.67. The van der Waals surface area contributed by atoms with Gasteiger partial charge in [0.1, 0.15) is 6.04 Å². The maximum Gasteiger partial charge on any atom is 0.408 e. The van der Waals surface area contributed by atoms with Crippen LogP contribution in [-0.4, -0.2) is 39.8 Å². The first-order valence-corrected chi connectivity index (χ1v) is 3.68. The number of likely N-dealkylation sites (tertiary alicyclic amines) is 1. The largest absolute Gasteiger partial charge is 0.480 e. The van der Waals surface area contributed by atoms with Crippen LogP contribution in [0.5, 0.6) is 0 Å². The van der Waals surface area contributed by atoms with Crippen LogP contribution < -0.4 is 0 Å². The summed E-state index contributed by atoms with van der Waals surface area (Å²) in [6.45, 7) is -0.0111. The van der Waals surface area contributed by atoms with Crippen LogP contribution >= 0.6 is 0 Å². The average molecular weight is 184 g/mol. The first kappa shape index (κ1) is 9.32. The van der Waals surface area contributed by atoms with Crippen molar-refractivity contribution in [2.24, 2.45) is 5.92 Å². The van der Waals surface area contributed by atoms with Gasteiger partial charge in [0, 0.05) is 6.54 Å². The van der Waals surface area contributed by atoms with E-state index in [1.54, 1.807) is 0 Å². The lowest BCUT2D eigenvalue weighted by Crippen LogP contribution is -2.39. The van der Waals surface area contributed by atoms with E-state index in [0.29, 0.717) is 0 Å². The lowest BCUT2D eigenvalue weighted by molar-refractivity contribution is -0.141. The molecule has 1 saturated heterocycles. The van der Waals surface area contributed by atoms with Crippen LogP contribution in [0, 0.1) is 17.2 Å². The number of carboxylic acids is 1. The highest BCUT2D eigenvalue weighted by molar-refractivity contribution is 5.80. The van der Waals surface area contributed by atoms with Gasteiger partial charge in [-0.2, -0.15) is 5.26 Å². The van der Waals surface area contributed by atoms with Gasteiger partial charge in [-0.05, 0) is 6.42 Å². The number of nitriles is 1. The summed E-state index contributed by atoms with van der Waals surface area (Å²) in [5.41, 5.74) is 0. The van der Waals surface area contributed by atoms with E-state index in [0.717, 1.165) is 4.90 Å². The SMILES string of the molecule is N#C[C@H]1C[C@@H](C(=O)O)N(C(=O)O)C1. The summed E-state index contributed by atoms with van der Waals surface area (Å²) in [4.78, 5) is 21.9. The van der Waals surface area contributed by atoms with Gasteiger partial charge in [-0.15, -0.1) is 0 Å². The Hall–Kier alpha value is -1.77. The van der Waals surface area contributed by atoms with E-state index in [4.69, 9.17) is 15.5 Å². The Morgan fingerprint density at radius 2 is 2.08 bits per heavy atom. The molecule has 0 aromatic rings. The van der Waals surface area contributed by atoms with Gasteiger partial charge in [0.05, 0.1) is 12.0 Å². The molecule has 1 aliphatic heterocycles. The van der Waals surface area contributed by atoms with E-state index >= 15 is 0 Å². The minimum Gasteiger partial charge on any atom is -0.480 e. The highest BCUT2D eigenvalue weighted by Crippen LogP contribution is 2.22. The predicted molar refractivity (Wildman–Crippen MR) is 39.9 cm³/mol. The normalized spacial score (nSPS) is 26.8. The first-order valence-electron chi connectivity index (χ1n) is 3.68. The second-order valence-electron chi connectivity index (χ2n) is 2.85. The third kappa shape index (κ3) is 1.69. The highest BCUT2D eigenvalue weighted by Gasteiger charge is 2.39. The molecular formula is C7H8N2O4. The number of nitrogens with zero attached hydrogens (tertiary/aromatic N) is 2. The summed E-state index contributed by atoms with van der Waals surface area (Å²) >= 11 is 0. The van der Waals surface area contributed by atoms with Gasteiger partial charge >= 0.3 is 12.1 Å². The van der Waals surface area contributed by atoms with Crippen molar-refractivity contribution in [2.45, 2.75) is 12.5 Å². The second kappa shape index (κ2) is 3.31. The molecule has 1 fully saturated rings. The molecule has 0 aromatic carbocycles. The van der Waals surface area contributed by atoms with Crippen LogP contribution in [0.2, 0.25) is 0 Å². The molecule has 6 heteroatoms. The van der Waals surface area contributed by atoms with Gasteiger partial charge < -0.3 is 10.2 Å².